The lowest BCUT2D eigenvalue weighted by Gasteiger charge is -2.07. The van der Waals surface area contributed by atoms with Gasteiger partial charge in [0, 0.05) is 23.6 Å². The molecule has 0 amide bonds. The number of aliphatic hydroxyl groups is 1. The monoisotopic (exact) mass is 260 g/mol. The second kappa shape index (κ2) is 6.22. The Hall–Kier alpha value is -1.32. The summed E-state index contributed by atoms with van der Waals surface area (Å²) in [5.74, 6) is 0.535. The fraction of sp³-hybridized carbons (Fsp3) is 0.500. The Morgan fingerprint density at radius 1 is 1.32 bits per heavy atom. The van der Waals surface area contributed by atoms with Gasteiger partial charge in [0.05, 0.1) is 6.61 Å². The van der Waals surface area contributed by atoms with Gasteiger partial charge in [0.1, 0.15) is 0 Å². The minimum Gasteiger partial charge on any atom is -0.395 e. The molecule has 104 valence electrons. The van der Waals surface area contributed by atoms with Gasteiger partial charge in [-0.05, 0) is 48.6 Å². The van der Waals surface area contributed by atoms with Gasteiger partial charge >= 0.3 is 0 Å². The average molecular weight is 260 g/mol. The maximum atomic E-state index is 9.17. The predicted molar refractivity (Wildman–Crippen MR) is 80.5 cm³/mol. The summed E-state index contributed by atoms with van der Waals surface area (Å²) in [5.41, 5.74) is 9.54. The van der Waals surface area contributed by atoms with E-state index in [1.165, 1.54) is 22.0 Å². The molecule has 19 heavy (non-hydrogen) atoms. The summed E-state index contributed by atoms with van der Waals surface area (Å²) in [6.07, 6.45) is 4.18. The molecule has 3 N–H and O–H groups in total. The first kappa shape index (κ1) is 14.1. The first-order valence-electron chi connectivity index (χ1n) is 7.10. The van der Waals surface area contributed by atoms with Gasteiger partial charge in [-0.3, -0.25) is 0 Å². The highest BCUT2D eigenvalue weighted by Gasteiger charge is 2.10. The Morgan fingerprint density at radius 2 is 2.11 bits per heavy atom. The highest BCUT2D eigenvalue weighted by molar-refractivity contribution is 5.85. The molecule has 0 spiro atoms. The molecule has 1 aromatic heterocycles. The minimum atomic E-state index is 0.173. The average Bonchev–Trinajstić information content (AvgIpc) is 2.74. The van der Waals surface area contributed by atoms with E-state index in [-0.39, 0.29) is 6.61 Å². The summed E-state index contributed by atoms with van der Waals surface area (Å²) in [6.45, 7) is 5.97. The van der Waals surface area contributed by atoms with E-state index < -0.39 is 0 Å². The smallest absolute Gasteiger partial charge is 0.0610 e. The number of aryl methyl sites for hydroxylation is 1. The van der Waals surface area contributed by atoms with E-state index in [0.29, 0.717) is 12.5 Å². The van der Waals surface area contributed by atoms with Crippen molar-refractivity contribution in [1.29, 1.82) is 0 Å². The highest BCUT2D eigenvalue weighted by atomic mass is 16.3. The van der Waals surface area contributed by atoms with Crippen LogP contribution in [0.25, 0.3) is 10.9 Å². The molecule has 0 fully saturated rings. The number of fused-ring (bicyclic) bond motifs is 1. The highest BCUT2D eigenvalue weighted by Crippen LogP contribution is 2.26. The molecule has 1 heterocycles. The molecule has 0 radical (unpaired) electrons. The van der Waals surface area contributed by atoms with Crippen molar-refractivity contribution in [2.24, 2.45) is 5.73 Å². The lowest BCUT2D eigenvalue weighted by atomic mass is 9.99. The number of nitrogens with two attached hydrogens (primary N) is 1. The summed E-state index contributed by atoms with van der Waals surface area (Å²) in [5, 5.41) is 10.5. The number of hydrogen-bond donors (Lipinski definition) is 2. The van der Waals surface area contributed by atoms with Crippen molar-refractivity contribution < 1.29 is 5.11 Å². The SMILES string of the molecule is CC(C)c1ccc2c(c1)c(CCCN)cn2CCO. The van der Waals surface area contributed by atoms with Crippen molar-refractivity contribution in [3.05, 3.63) is 35.5 Å². The van der Waals surface area contributed by atoms with Crippen LogP contribution in [-0.2, 0) is 13.0 Å². The van der Waals surface area contributed by atoms with Crippen LogP contribution in [0, 0.1) is 0 Å². The molecule has 0 saturated carbocycles. The minimum absolute atomic E-state index is 0.173. The molecule has 0 unspecified atom stereocenters. The molecule has 0 bridgehead atoms. The van der Waals surface area contributed by atoms with Crippen molar-refractivity contribution in [2.75, 3.05) is 13.2 Å². The number of benzene rings is 1. The summed E-state index contributed by atoms with van der Waals surface area (Å²) in [7, 11) is 0. The third-order valence-corrected chi connectivity index (χ3v) is 3.65. The van der Waals surface area contributed by atoms with Gasteiger partial charge in [-0.15, -0.1) is 0 Å². The van der Waals surface area contributed by atoms with Crippen LogP contribution in [-0.4, -0.2) is 22.8 Å². The zero-order chi connectivity index (χ0) is 13.8. The number of aromatic nitrogens is 1. The molecule has 0 aliphatic carbocycles. The number of aliphatic hydroxyl groups excluding tert-OH is 1. The second-order valence-corrected chi connectivity index (χ2v) is 5.39. The van der Waals surface area contributed by atoms with Gasteiger partial charge in [0.2, 0.25) is 0 Å². The second-order valence-electron chi connectivity index (χ2n) is 5.39. The van der Waals surface area contributed by atoms with Crippen molar-refractivity contribution >= 4 is 10.9 Å². The van der Waals surface area contributed by atoms with Crippen LogP contribution in [0.4, 0.5) is 0 Å². The van der Waals surface area contributed by atoms with Crippen LogP contribution >= 0.6 is 0 Å². The van der Waals surface area contributed by atoms with Crippen molar-refractivity contribution in [3.63, 3.8) is 0 Å². The molecular weight excluding hydrogens is 236 g/mol. The third kappa shape index (κ3) is 2.99. The van der Waals surface area contributed by atoms with Gasteiger partial charge < -0.3 is 15.4 Å². The number of rotatable bonds is 6. The van der Waals surface area contributed by atoms with Crippen molar-refractivity contribution in [1.82, 2.24) is 4.57 Å². The molecule has 2 rings (SSSR count). The van der Waals surface area contributed by atoms with Gasteiger partial charge in [-0.1, -0.05) is 19.9 Å². The summed E-state index contributed by atoms with van der Waals surface area (Å²) in [6, 6.07) is 6.65. The zero-order valence-corrected chi connectivity index (χ0v) is 11.9. The summed E-state index contributed by atoms with van der Waals surface area (Å²) >= 11 is 0. The van der Waals surface area contributed by atoms with E-state index >= 15 is 0 Å². The molecule has 2 aromatic rings. The predicted octanol–water partition coefficient (Wildman–Crippen LogP) is 2.65. The van der Waals surface area contributed by atoms with Crippen LogP contribution in [0.1, 0.15) is 37.3 Å². The lowest BCUT2D eigenvalue weighted by Crippen LogP contribution is -2.01. The van der Waals surface area contributed by atoms with Gasteiger partial charge in [-0.25, -0.2) is 0 Å². The normalized spacial score (nSPS) is 11.6. The van der Waals surface area contributed by atoms with E-state index in [2.05, 4.69) is 42.8 Å². The Kier molecular flexibility index (Phi) is 4.61. The van der Waals surface area contributed by atoms with E-state index in [1.807, 2.05) is 0 Å². The van der Waals surface area contributed by atoms with Crippen LogP contribution in [0.3, 0.4) is 0 Å². The van der Waals surface area contributed by atoms with Crippen LogP contribution in [0.2, 0.25) is 0 Å². The first-order chi connectivity index (χ1) is 9.17. The molecule has 0 atom stereocenters. The van der Waals surface area contributed by atoms with Crippen LogP contribution < -0.4 is 5.73 Å². The third-order valence-electron chi connectivity index (χ3n) is 3.65. The number of hydrogen-bond acceptors (Lipinski definition) is 2. The fourth-order valence-electron chi connectivity index (χ4n) is 2.53. The van der Waals surface area contributed by atoms with E-state index in [0.717, 1.165) is 19.4 Å². The van der Waals surface area contributed by atoms with Gasteiger partial charge in [-0.2, -0.15) is 0 Å². The fourth-order valence-corrected chi connectivity index (χ4v) is 2.53. The Labute approximate surface area is 115 Å². The van der Waals surface area contributed by atoms with Gasteiger partial charge in [0.15, 0.2) is 0 Å². The van der Waals surface area contributed by atoms with Crippen LogP contribution in [0.15, 0.2) is 24.4 Å². The van der Waals surface area contributed by atoms with E-state index in [4.69, 9.17) is 10.8 Å². The van der Waals surface area contributed by atoms with Crippen molar-refractivity contribution in [3.8, 4) is 0 Å². The molecule has 0 saturated heterocycles. The topological polar surface area (TPSA) is 51.2 Å². The molecule has 3 heteroatoms. The van der Waals surface area contributed by atoms with E-state index in [1.54, 1.807) is 0 Å². The van der Waals surface area contributed by atoms with Crippen molar-refractivity contribution in [2.45, 2.75) is 39.2 Å². The zero-order valence-electron chi connectivity index (χ0n) is 11.9. The Bertz CT molecular complexity index is 543. The van der Waals surface area contributed by atoms with Gasteiger partial charge in [0.25, 0.3) is 0 Å². The number of nitrogens with zero attached hydrogens (tertiary/aromatic N) is 1. The Balaban J connectivity index is 2.48. The maximum absolute atomic E-state index is 9.17. The lowest BCUT2D eigenvalue weighted by molar-refractivity contribution is 0.278. The Morgan fingerprint density at radius 3 is 2.74 bits per heavy atom. The molecule has 0 aliphatic rings. The molecule has 1 aromatic carbocycles. The molecule has 3 nitrogen and oxygen atoms in total. The first-order valence-corrected chi connectivity index (χ1v) is 7.10. The molecule has 0 aliphatic heterocycles. The summed E-state index contributed by atoms with van der Waals surface area (Å²) < 4.78 is 2.14. The van der Waals surface area contributed by atoms with E-state index in [9.17, 15) is 0 Å². The maximum Gasteiger partial charge on any atom is 0.0610 e. The largest absolute Gasteiger partial charge is 0.395 e. The quantitative estimate of drug-likeness (QED) is 0.839. The standard InChI is InChI=1S/C16H24N2O/c1-12(2)13-5-6-16-15(10-13)14(4-3-7-17)11-18(16)8-9-19/h5-6,10-12,19H,3-4,7-9,17H2,1-2H3. The summed E-state index contributed by atoms with van der Waals surface area (Å²) in [4.78, 5) is 0. The molecular formula is C16H24N2O. The van der Waals surface area contributed by atoms with Crippen LogP contribution in [0.5, 0.6) is 0 Å².